The lowest BCUT2D eigenvalue weighted by Crippen LogP contribution is -2.69. The summed E-state index contributed by atoms with van der Waals surface area (Å²) in [4.78, 5) is -0.286. The van der Waals surface area contributed by atoms with Gasteiger partial charge >= 0.3 is 25.7 Å². The molecule has 0 radical (unpaired) electrons. The summed E-state index contributed by atoms with van der Waals surface area (Å²) in [7, 11) is 1.07. The van der Waals surface area contributed by atoms with Gasteiger partial charge in [0, 0.05) is 55.9 Å². The van der Waals surface area contributed by atoms with Crippen molar-refractivity contribution in [2.45, 2.75) is 36.3 Å². The van der Waals surface area contributed by atoms with Crippen LogP contribution < -0.4 is 0 Å². The molecule has 0 saturated heterocycles. The smallest absolute Gasteiger partial charge is 0.344 e. The van der Waals surface area contributed by atoms with Crippen molar-refractivity contribution < 1.29 is 36.8 Å². The Balaban J connectivity index is 6.37. The van der Waals surface area contributed by atoms with Crippen molar-refractivity contribution in [3.05, 3.63) is 0 Å². The minimum atomic E-state index is -2.92. The van der Waals surface area contributed by atoms with Gasteiger partial charge in [0.1, 0.15) is 0 Å². The van der Waals surface area contributed by atoms with E-state index in [2.05, 4.69) is 0 Å². The first-order chi connectivity index (χ1) is 11.9. The molecule has 0 aliphatic heterocycles. The Kier molecular flexibility index (Phi) is 12.1. The fraction of sp³-hybridized carbons (Fsp3) is 1.00. The Morgan fingerprint density at radius 1 is 0.640 bits per heavy atom. The van der Waals surface area contributed by atoms with E-state index in [4.69, 9.17) is 26.6 Å². The standard InChI is InChI=1S/C14H36O8Si3/c1-17-23(7,18-2)14(24(19-3,20-4)12-8-10-15)25(21-5,22-6)13-9-11-16/h14-16H,8-13H2,1-7H3. The van der Waals surface area contributed by atoms with E-state index in [1.807, 2.05) is 6.55 Å². The fourth-order valence-electron chi connectivity index (χ4n) is 3.44. The largest absolute Gasteiger partial charge is 0.398 e. The highest BCUT2D eigenvalue weighted by Gasteiger charge is 2.68. The van der Waals surface area contributed by atoms with Crippen molar-refractivity contribution in [3.8, 4) is 0 Å². The van der Waals surface area contributed by atoms with E-state index in [1.165, 1.54) is 0 Å². The van der Waals surface area contributed by atoms with E-state index >= 15 is 0 Å². The van der Waals surface area contributed by atoms with Crippen LogP contribution >= 0.6 is 0 Å². The van der Waals surface area contributed by atoms with Gasteiger partial charge in [-0.25, -0.2) is 0 Å². The lowest BCUT2D eigenvalue weighted by Gasteiger charge is -2.48. The second-order valence-electron chi connectivity index (χ2n) is 5.95. The summed E-state index contributed by atoms with van der Waals surface area (Å²) in [5.41, 5.74) is 0. The molecule has 0 bridgehead atoms. The quantitative estimate of drug-likeness (QED) is 0.382. The van der Waals surface area contributed by atoms with Crippen molar-refractivity contribution in [3.63, 3.8) is 0 Å². The molecule has 0 amide bonds. The van der Waals surface area contributed by atoms with E-state index in [0.717, 1.165) is 0 Å². The molecule has 0 aromatic carbocycles. The predicted octanol–water partition coefficient (Wildman–Crippen LogP) is 1.03. The topological polar surface area (TPSA) is 95.8 Å². The van der Waals surface area contributed by atoms with Crippen LogP contribution in [-0.4, -0.2) is 91.8 Å². The van der Waals surface area contributed by atoms with E-state index in [0.29, 0.717) is 24.9 Å². The van der Waals surface area contributed by atoms with Gasteiger partial charge in [0.15, 0.2) is 0 Å². The highest BCUT2D eigenvalue weighted by Crippen LogP contribution is 2.46. The normalized spacial score (nSPS) is 13.7. The molecule has 25 heavy (non-hydrogen) atoms. The van der Waals surface area contributed by atoms with Gasteiger partial charge in [-0.2, -0.15) is 0 Å². The third kappa shape index (κ3) is 5.65. The number of aliphatic hydroxyl groups excluding tert-OH is 2. The maximum atomic E-state index is 9.35. The van der Waals surface area contributed by atoms with Crippen molar-refractivity contribution >= 4 is 25.7 Å². The van der Waals surface area contributed by atoms with Crippen molar-refractivity contribution in [2.24, 2.45) is 0 Å². The van der Waals surface area contributed by atoms with E-state index in [1.54, 1.807) is 42.7 Å². The average Bonchev–Trinajstić information content (AvgIpc) is 2.67. The van der Waals surface area contributed by atoms with Crippen LogP contribution in [-0.2, 0) is 26.6 Å². The maximum Gasteiger partial charge on any atom is 0.344 e. The van der Waals surface area contributed by atoms with Crippen LogP contribution in [0.3, 0.4) is 0 Å². The fourth-order valence-corrected chi connectivity index (χ4v) is 23.1. The SMILES string of the molecule is CO[Si](C)(OC)C([Si](CCCO)(OC)OC)[Si](CCCO)(OC)OC. The molecule has 0 aliphatic carbocycles. The van der Waals surface area contributed by atoms with Crippen LogP contribution in [0.2, 0.25) is 23.4 Å². The zero-order chi connectivity index (χ0) is 19.6. The third-order valence-electron chi connectivity index (χ3n) is 4.96. The lowest BCUT2D eigenvalue weighted by molar-refractivity contribution is 0.181. The summed E-state index contributed by atoms with van der Waals surface area (Å²) in [6.45, 7) is 2.03. The van der Waals surface area contributed by atoms with Gasteiger partial charge in [-0.15, -0.1) is 0 Å². The number of aliphatic hydroxyl groups is 2. The van der Waals surface area contributed by atoms with Crippen molar-refractivity contribution in [1.29, 1.82) is 0 Å². The van der Waals surface area contributed by atoms with Gasteiger partial charge in [-0.05, 0) is 31.5 Å². The Hall–Kier alpha value is 0.331. The maximum absolute atomic E-state index is 9.35. The Bertz CT molecular complexity index is 325. The molecular formula is C14H36O8Si3. The second kappa shape index (κ2) is 11.9. The van der Waals surface area contributed by atoms with E-state index in [-0.39, 0.29) is 18.0 Å². The van der Waals surface area contributed by atoms with E-state index in [9.17, 15) is 10.2 Å². The summed E-state index contributed by atoms with van der Waals surface area (Å²) in [5.74, 6) is 0. The highest BCUT2D eigenvalue weighted by molar-refractivity contribution is 7.04. The summed E-state index contributed by atoms with van der Waals surface area (Å²) in [6.07, 6.45) is 1.08. The minimum absolute atomic E-state index is 0.0393. The third-order valence-corrected chi connectivity index (χ3v) is 22.7. The van der Waals surface area contributed by atoms with Gasteiger partial charge in [0.25, 0.3) is 0 Å². The Morgan fingerprint density at radius 2 is 0.960 bits per heavy atom. The van der Waals surface area contributed by atoms with E-state index < -0.39 is 25.7 Å². The molecule has 0 saturated carbocycles. The first kappa shape index (κ1) is 25.3. The Labute approximate surface area is 155 Å². The van der Waals surface area contributed by atoms with Crippen molar-refractivity contribution in [2.75, 3.05) is 55.9 Å². The molecule has 0 unspecified atom stereocenters. The molecule has 0 aromatic rings. The molecule has 8 nitrogen and oxygen atoms in total. The average molecular weight is 417 g/mol. The molecule has 0 rings (SSSR count). The highest BCUT2D eigenvalue weighted by atomic mass is 28.5. The second-order valence-corrected chi connectivity index (χ2v) is 18.1. The first-order valence-electron chi connectivity index (χ1n) is 8.38. The van der Waals surface area contributed by atoms with Crippen LogP contribution in [0.15, 0.2) is 0 Å². The van der Waals surface area contributed by atoms with Crippen LogP contribution in [0.5, 0.6) is 0 Å². The van der Waals surface area contributed by atoms with Crippen LogP contribution in [0, 0.1) is 0 Å². The monoisotopic (exact) mass is 416 g/mol. The molecule has 0 fully saturated rings. The molecule has 0 spiro atoms. The minimum Gasteiger partial charge on any atom is -0.398 e. The van der Waals surface area contributed by atoms with Gasteiger partial charge < -0.3 is 36.8 Å². The number of hydrogen-bond donors (Lipinski definition) is 2. The molecule has 0 atom stereocenters. The number of hydrogen-bond acceptors (Lipinski definition) is 8. The van der Waals surface area contributed by atoms with Crippen LogP contribution in [0.1, 0.15) is 12.8 Å². The molecule has 0 aliphatic rings. The molecule has 152 valence electrons. The molecule has 2 N–H and O–H groups in total. The summed E-state index contributed by atoms with van der Waals surface area (Å²) < 4.78 is 35.7. The number of rotatable bonds is 15. The Morgan fingerprint density at radius 3 is 1.16 bits per heavy atom. The van der Waals surface area contributed by atoms with Gasteiger partial charge in [-0.3, -0.25) is 0 Å². The molecule has 0 heterocycles. The van der Waals surface area contributed by atoms with Crippen LogP contribution in [0.25, 0.3) is 0 Å². The van der Waals surface area contributed by atoms with Gasteiger partial charge in [0.2, 0.25) is 0 Å². The predicted molar refractivity (Wildman–Crippen MR) is 102 cm³/mol. The molecule has 11 heteroatoms. The lowest BCUT2D eigenvalue weighted by atomic mass is 10.5. The molecule has 0 aromatic heterocycles. The summed E-state index contributed by atoms with van der Waals surface area (Å²) >= 11 is 0. The summed E-state index contributed by atoms with van der Waals surface area (Å²) in [5, 5.41) is 18.7. The molecular weight excluding hydrogens is 380 g/mol. The zero-order valence-corrected chi connectivity index (χ0v) is 19.7. The van der Waals surface area contributed by atoms with Gasteiger partial charge in [0.05, 0.1) is 4.79 Å². The summed E-state index contributed by atoms with van der Waals surface area (Å²) in [6, 6.07) is 1.13. The van der Waals surface area contributed by atoms with Crippen LogP contribution in [0.4, 0.5) is 0 Å². The first-order valence-corrected chi connectivity index (χ1v) is 15.0. The van der Waals surface area contributed by atoms with Gasteiger partial charge in [-0.1, -0.05) is 0 Å². The zero-order valence-electron chi connectivity index (χ0n) is 16.7. The van der Waals surface area contributed by atoms with Crippen molar-refractivity contribution in [1.82, 2.24) is 0 Å².